The van der Waals surface area contributed by atoms with Crippen LogP contribution in [0, 0.1) is 6.92 Å². The first-order valence-corrected chi connectivity index (χ1v) is 6.86. The molecule has 0 unspecified atom stereocenters. The van der Waals surface area contributed by atoms with Crippen LogP contribution in [0.5, 0.6) is 5.75 Å². The lowest BCUT2D eigenvalue weighted by Crippen LogP contribution is -2.02. The molecule has 0 spiro atoms. The molecule has 0 aliphatic heterocycles. The van der Waals surface area contributed by atoms with Crippen LogP contribution < -0.4 is 4.74 Å². The Balaban J connectivity index is 2.24. The molecule has 1 aromatic heterocycles. The Morgan fingerprint density at radius 2 is 1.95 bits per heavy atom. The molecule has 1 heterocycles. The van der Waals surface area contributed by atoms with E-state index < -0.39 is 0 Å². The topological polar surface area (TPSA) is 57.0 Å². The third-order valence-corrected chi connectivity index (χ3v) is 3.49. The predicted molar refractivity (Wildman–Crippen MR) is 83.5 cm³/mol. The molecule has 0 radical (unpaired) electrons. The Hall–Kier alpha value is -2.95. The van der Waals surface area contributed by atoms with E-state index in [0.29, 0.717) is 17.1 Å². The highest BCUT2D eigenvalue weighted by Gasteiger charge is 2.17. The zero-order valence-corrected chi connectivity index (χ0v) is 12.4. The number of methoxy groups -OCH3 is 1. The number of carbonyl (C=O) groups excluding carboxylic acids is 1. The number of benzene rings is 2. The van der Waals surface area contributed by atoms with Crippen molar-refractivity contribution in [1.82, 2.24) is 15.0 Å². The number of hydrogen-bond donors (Lipinski definition) is 0. The Kier molecular flexibility index (Phi) is 3.70. The van der Waals surface area contributed by atoms with Crippen molar-refractivity contribution in [3.05, 3.63) is 59.8 Å². The zero-order valence-electron chi connectivity index (χ0n) is 12.4. The van der Waals surface area contributed by atoms with Gasteiger partial charge in [-0.05, 0) is 30.7 Å². The Labute approximate surface area is 128 Å². The van der Waals surface area contributed by atoms with Gasteiger partial charge in [0.2, 0.25) is 0 Å². The summed E-state index contributed by atoms with van der Waals surface area (Å²) >= 11 is 0. The van der Waals surface area contributed by atoms with Crippen molar-refractivity contribution in [2.24, 2.45) is 0 Å². The summed E-state index contributed by atoms with van der Waals surface area (Å²) in [5.41, 5.74) is 3.73. The second-order valence-corrected chi connectivity index (χ2v) is 4.87. The molecule has 0 atom stereocenters. The number of rotatable bonds is 4. The molecule has 0 aliphatic rings. The maximum atomic E-state index is 11.3. The van der Waals surface area contributed by atoms with Crippen LogP contribution in [0.15, 0.2) is 48.5 Å². The molecule has 0 bridgehead atoms. The van der Waals surface area contributed by atoms with Crippen LogP contribution in [0.1, 0.15) is 16.1 Å². The van der Waals surface area contributed by atoms with Crippen molar-refractivity contribution in [3.8, 4) is 22.7 Å². The first-order chi connectivity index (χ1) is 10.7. The average Bonchev–Trinajstić information content (AvgIpc) is 2.99. The van der Waals surface area contributed by atoms with Crippen LogP contribution >= 0.6 is 0 Å². The first-order valence-electron chi connectivity index (χ1n) is 6.86. The van der Waals surface area contributed by atoms with Crippen molar-refractivity contribution in [2.75, 3.05) is 7.11 Å². The van der Waals surface area contributed by atoms with E-state index >= 15 is 0 Å². The van der Waals surface area contributed by atoms with Crippen molar-refractivity contribution in [2.45, 2.75) is 6.92 Å². The molecule has 5 nitrogen and oxygen atoms in total. The fourth-order valence-corrected chi connectivity index (χ4v) is 2.38. The summed E-state index contributed by atoms with van der Waals surface area (Å²) in [6, 6.07) is 15.3. The number of aryl methyl sites for hydroxylation is 1. The zero-order chi connectivity index (χ0) is 15.5. The molecular formula is C17H15N3O2. The summed E-state index contributed by atoms with van der Waals surface area (Å²) in [4.78, 5) is 11.3. The molecule has 2 aromatic carbocycles. The smallest absolute Gasteiger partial charge is 0.172 e. The predicted octanol–water partition coefficient (Wildman–Crippen LogP) is 3.06. The minimum absolute atomic E-state index is 0.302. The van der Waals surface area contributed by atoms with Gasteiger partial charge in [0, 0.05) is 5.56 Å². The minimum atomic E-state index is 0.302. The van der Waals surface area contributed by atoms with Gasteiger partial charge in [0.25, 0.3) is 0 Å². The molecule has 3 aromatic rings. The largest absolute Gasteiger partial charge is 0.497 e. The van der Waals surface area contributed by atoms with Gasteiger partial charge in [0.15, 0.2) is 12.0 Å². The third kappa shape index (κ3) is 2.37. The van der Waals surface area contributed by atoms with E-state index in [0.717, 1.165) is 23.1 Å². The number of hydrogen-bond acceptors (Lipinski definition) is 4. The van der Waals surface area contributed by atoms with Crippen molar-refractivity contribution >= 4 is 6.29 Å². The van der Waals surface area contributed by atoms with Crippen LogP contribution in [0.25, 0.3) is 16.9 Å². The lowest BCUT2D eigenvalue weighted by molar-refractivity contribution is 0.111. The van der Waals surface area contributed by atoms with Crippen molar-refractivity contribution in [1.29, 1.82) is 0 Å². The highest BCUT2D eigenvalue weighted by molar-refractivity contribution is 5.84. The fraction of sp³-hybridized carbons (Fsp3) is 0.118. The molecule has 0 amide bonds. The number of aldehydes is 1. The van der Waals surface area contributed by atoms with E-state index in [1.165, 1.54) is 0 Å². The van der Waals surface area contributed by atoms with Gasteiger partial charge in [-0.25, -0.2) is 4.68 Å². The number of para-hydroxylation sites is 1. The molecule has 110 valence electrons. The Morgan fingerprint density at radius 3 is 2.68 bits per heavy atom. The summed E-state index contributed by atoms with van der Waals surface area (Å²) in [6.07, 6.45) is 0.719. The van der Waals surface area contributed by atoms with Crippen molar-refractivity contribution < 1.29 is 9.53 Å². The van der Waals surface area contributed by atoms with Crippen LogP contribution in [0.4, 0.5) is 0 Å². The van der Waals surface area contributed by atoms with E-state index in [4.69, 9.17) is 4.74 Å². The first kappa shape index (κ1) is 14.0. The molecule has 0 saturated carbocycles. The third-order valence-electron chi connectivity index (χ3n) is 3.49. The highest BCUT2D eigenvalue weighted by Crippen LogP contribution is 2.28. The quantitative estimate of drug-likeness (QED) is 0.694. The number of ether oxygens (including phenoxy) is 1. The standard InChI is InChI=1S/C17H15N3O2/c1-12-6-3-4-9-16(12)20-17(15(11-21)18-19-20)13-7-5-8-14(10-13)22-2/h3-11H,1-2H3. The summed E-state index contributed by atoms with van der Waals surface area (Å²) in [5, 5.41) is 8.13. The maximum Gasteiger partial charge on any atom is 0.172 e. The van der Waals surface area contributed by atoms with Gasteiger partial charge in [-0.15, -0.1) is 5.10 Å². The van der Waals surface area contributed by atoms with E-state index in [1.807, 2.05) is 55.5 Å². The second kappa shape index (κ2) is 5.81. The summed E-state index contributed by atoms with van der Waals surface area (Å²) < 4.78 is 6.95. The number of aromatic nitrogens is 3. The molecule has 0 N–H and O–H groups in total. The van der Waals surface area contributed by atoms with Crippen molar-refractivity contribution in [3.63, 3.8) is 0 Å². The number of carbonyl (C=O) groups is 1. The molecule has 0 aliphatic carbocycles. The lowest BCUT2D eigenvalue weighted by atomic mass is 10.1. The maximum absolute atomic E-state index is 11.3. The van der Waals surface area contributed by atoms with E-state index in [1.54, 1.807) is 11.8 Å². The molecule has 22 heavy (non-hydrogen) atoms. The van der Waals surface area contributed by atoms with Gasteiger partial charge < -0.3 is 4.74 Å². The van der Waals surface area contributed by atoms with E-state index in [9.17, 15) is 4.79 Å². The van der Waals surface area contributed by atoms with Crippen LogP contribution in [-0.4, -0.2) is 28.4 Å². The Morgan fingerprint density at radius 1 is 1.14 bits per heavy atom. The van der Waals surface area contributed by atoms with Crippen LogP contribution in [0.3, 0.4) is 0 Å². The van der Waals surface area contributed by atoms with Gasteiger partial charge >= 0.3 is 0 Å². The summed E-state index contributed by atoms with van der Waals surface area (Å²) in [5.74, 6) is 0.715. The fourth-order valence-electron chi connectivity index (χ4n) is 2.38. The van der Waals surface area contributed by atoms with E-state index in [-0.39, 0.29) is 0 Å². The highest BCUT2D eigenvalue weighted by atomic mass is 16.5. The SMILES string of the molecule is COc1cccc(-c2c(C=O)nnn2-c2ccccc2C)c1. The van der Waals surface area contributed by atoms with Gasteiger partial charge in [0.05, 0.1) is 12.8 Å². The van der Waals surface area contributed by atoms with Gasteiger partial charge in [-0.2, -0.15) is 0 Å². The molecule has 3 rings (SSSR count). The monoisotopic (exact) mass is 293 g/mol. The molecule has 0 fully saturated rings. The van der Waals surface area contributed by atoms with Gasteiger partial charge in [0.1, 0.15) is 11.4 Å². The average molecular weight is 293 g/mol. The normalized spacial score (nSPS) is 10.5. The number of nitrogens with zero attached hydrogens (tertiary/aromatic N) is 3. The summed E-state index contributed by atoms with van der Waals surface area (Å²) in [6.45, 7) is 1.99. The van der Waals surface area contributed by atoms with E-state index in [2.05, 4.69) is 10.3 Å². The molecule has 5 heteroatoms. The molecular weight excluding hydrogens is 278 g/mol. The lowest BCUT2D eigenvalue weighted by Gasteiger charge is -2.10. The minimum Gasteiger partial charge on any atom is -0.497 e. The second-order valence-electron chi connectivity index (χ2n) is 4.87. The van der Waals surface area contributed by atoms with Crippen LogP contribution in [-0.2, 0) is 0 Å². The van der Waals surface area contributed by atoms with Gasteiger partial charge in [-0.3, -0.25) is 4.79 Å². The van der Waals surface area contributed by atoms with Crippen LogP contribution in [0.2, 0.25) is 0 Å². The molecule has 0 saturated heterocycles. The van der Waals surface area contributed by atoms with Gasteiger partial charge in [-0.1, -0.05) is 35.5 Å². The summed E-state index contributed by atoms with van der Waals surface area (Å²) in [7, 11) is 1.61. The Bertz CT molecular complexity index is 824.